The average molecular weight is 288 g/mol. The number of ether oxygens (including phenoxy) is 1. The molecule has 1 aromatic rings. The lowest BCUT2D eigenvalue weighted by molar-refractivity contribution is -0.153. The second kappa shape index (κ2) is 8.05. The van der Waals surface area contributed by atoms with Gasteiger partial charge in [0.15, 0.2) is 6.10 Å². The van der Waals surface area contributed by atoms with E-state index in [1.54, 1.807) is 24.3 Å². The third-order valence-electron chi connectivity index (χ3n) is 2.91. The largest absolute Gasteiger partial charge is 0.453 e. The lowest BCUT2D eigenvalue weighted by atomic mass is 10.1. The fraction of sp³-hybridized carbons (Fsp3) is 0.438. The van der Waals surface area contributed by atoms with E-state index in [2.05, 4.69) is 5.32 Å². The van der Waals surface area contributed by atoms with E-state index < -0.39 is 12.0 Å². The van der Waals surface area contributed by atoms with Gasteiger partial charge < -0.3 is 10.1 Å². The molecule has 0 radical (unpaired) electrons. The van der Waals surface area contributed by atoms with Gasteiger partial charge in [-0.15, -0.1) is 0 Å². The Morgan fingerprint density at radius 1 is 1.29 bits per heavy atom. The number of nitrogens with one attached hydrogen (secondary N) is 1. The second-order valence-electron chi connectivity index (χ2n) is 5.21. The van der Waals surface area contributed by atoms with Crippen molar-refractivity contribution in [1.82, 2.24) is 0 Å². The third kappa shape index (κ3) is 5.65. The molecular weight excluding hydrogens is 268 g/mol. The highest BCUT2D eigenvalue weighted by molar-refractivity contribution is 5.96. The van der Waals surface area contributed by atoms with E-state index in [9.17, 15) is 9.59 Å². The molecule has 0 fully saturated rings. The van der Waals surface area contributed by atoms with Crippen molar-refractivity contribution in [2.75, 3.05) is 5.32 Å². The van der Waals surface area contributed by atoms with Gasteiger partial charge in [0.1, 0.15) is 6.07 Å². The highest BCUT2D eigenvalue weighted by Crippen LogP contribution is 2.14. The van der Waals surface area contributed by atoms with Gasteiger partial charge in [-0.1, -0.05) is 26.0 Å². The van der Waals surface area contributed by atoms with Gasteiger partial charge in [0, 0.05) is 6.42 Å². The Balaban J connectivity index is 2.55. The lowest BCUT2D eigenvalue weighted by Crippen LogP contribution is -2.30. The molecule has 5 heteroatoms. The van der Waals surface area contributed by atoms with Crippen LogP contribution in [0.25, 0.3) is 0 Å². The van der Waals surface area contributed by atoms with Crippen molar-refractivity contribution < 1.29 is 14.3 Å². The minimum absolute atomic E-state index is 0.296. The van der Waals surface area contributed by atoms with Crippen molar-refractivity contribution in [3.8, 4) is 6.07 Å². The number of hydrogen-bond donors (Lipinski definition) is 1. The van der Waals surface area contributed by atoms with Gasteiger partial charge in [0.05, 0.1) is 11.3 Å². The van der Waals surface area contributed by atoms with Crippen LogP contribution in [0.1, 0.15) is 39.2 Å². The maximum atomic E-state index is 12.0. The molecule has 21 heavy (non-hydrogen) atoms. The molecule has 1 rings (SSSR count). The zero-order chi connectivity index (χ0) is 15.8. The predicted molar refractivity (Wildman–Crippen MR) is 79.4 cm³/mol. The maximum Gasteiger partial charge on any atom is 0.306 e. The monoisotopic (exact) mass is 288 g/mol. The number of rotatable bonds is 6. The van der Waals surface area contributed by atoms with Crippen molar-refractivity contribution in [2.24, 2.45) is 5.92 Å². The molecular formula is C16H20N2O3. The molecule has 1 atom stereocenters. The zero-order valence-corrected chi connectivity index (χ0v) is 12.6. The summed E-state index contributed by atoms with van der Waals surface area (Å²) in [5, 5.41) is 11.5. The van der Waals surface area contributed by atoms with E-state index >= 15 is 0 Å². The summed E-state index contributed by atoms with van der Waals surface area (Å²) in [7, 11) is 0. The molecule has 112 valence electrons. The van der Waals surface area contributed by atoms with E-state index in [0.717, 1.165) is 6.42 Å². The van der Waals surface area contributed by atoms with E-state index in [1.807, 2.05) is 19.9 Å². The summed E-state index contributed by atoms with van der Waals surface area (Å²) < 4.78 is 5.07. The van der Waals surface area contributed by atoms with Crippen LogP contribution in [-0.2, 0) is 14.3 Å². The number of nitrogens with zero attached hydrogens (tertiary/aromatic N) is 1. The lowest BCUT2D eigenvalue weighted by Gasteiger charge is -2.14. The van der Waals surface area contributed by atoms with Gasteiger partial charge in [-0.3, -0.25) is 9.59 Å². The van der Waals surface area contributed by atoms with E-state index in [0.29, 0.717) is 23.6 Å². The molecule has 0 heterocycles. The van der Waals surface area contributed by atoms with Gasteiger partial charge in [-0.25, -0.2) is 0 Å². The average Bonchev–Trinajstić information content (AvgIpc) is 2.45. The van der Waals surface area contributed by atoms with Gasteiger partial charge in [-0.2, -0.15) is 5.26 Å². The molecule has 0 saturated carbocycles. The van der Waals surface area contributed by atoms with Crippen LogP contribution in [0.5, 0.6) is 0 Å². The third-order valence-corrected chi connectivity index (χ3v) is 2.91. The van der Waals surface area contributed by atoms with Crippen LogP contribution in [0.3, 0.4) is 0 Å². The summed E-state index contributed by atoms with van der Waals surface area (Å²) in [4.78, 5) is 23.5. The minimum atomic E-state index is -0.892. The topological polar surface area (TPSA) is 79.2 Å². The van der Waals surface area contributed by atoms with Crippen LogP contribution in [0, 0.1) is 17.2 Å². The molecule has 0 saturated heterocycles. The summed E-state index contributed by atoms with van der Waals surface area (Å²) in [6, 6.07) is 8.66. The Labute approximate surface area is 124 Å². The molecule has 0 aliphatic heterocycles. The Kier molecular flexibility index (Phi) is 6.41. The Morgan fingerprint density at radius 2 is 1.95 bits per heavy atom. The van der Waals surface area contributed by atoms with Crippen LogP contribution < -0.4 is 5.32 Å². The molecule has 0 aliphatic carbocycles. The Morgan fingerprint density at radius 3 is 2.57 bits per heavy atom. The van der Waals surface area contributed by atoms with E-state index in [-0.39, 0.29) is 5.97 Å². The van der Waals surface area contributed by atoms with Gasteiger partial charge in [0.25, 0.3) is 5.91 Å². The number of nitriles is 1. The molecule has 1 amide bonds. The minimum Gasteiger partial charge on any atom is -0.453 e. The molecule has 0 aromatic heterocycles. The molecule has 0 bridgehead atoms. The van der Waals surface area contributed by atoms with E-state index in [1.165, 1.54) is 6.92 Å². The molecule has 0 unspecified atom stereocenters. The number of amides is 1. The van der Waals surface area contributed by atoms with Crippen LogP contribution >= 0.6 is 0 Å². The standard InChI is InChI=1S/C16H20N2O3/c1-11(2)8-9-15(19)21-12(3)16(20)18-14-7-5-4-6-13(14)10-17/h4-7,11-12H,8-9H2,1-3H3,(H,18,20)/t12-/m0/s1. The fourth-order valence-corrected chi connectivity index (χ4v) is 1.64. The van der Waals surface area contributed by atoms with Crippen molar-refractivity contribution in [3.05, 3.63) is 29.8 Å². The number of hydrogen-bond acceptors (Lipinski definition) is 4. The quantitative estimate of drug-likeness (QED) is 0.816. The number of benzene rings is 1. The van der Waals surface area contributed by atoms with Gasteiger partial charge in [0.2, 0.25) is 0 Å². The van der Waals surface area contributed by atoms with Gasteiger partial charge >= 0.3 is 5.97 Å². The molecule has 0 spiro atoms. The summed E-state index contributed by atoms with van der Waals surface area (Å²) in [6.07, 6.45) is 0.130. The van der Waals surface area contributed by atoms with Crippen molar-refractivity contribution >= 4 is 17.6 Å². The fourth-order valence-electron chi connectivity index (χ4n) is 1.64. The Bertz CT molecular complexity index is 547. The number of anilines is 1. The number of carbonyl (C=O) groups excluding carboxylic acids is 2. The first kappa shape index (κ1) is 16.7. The normalized spacial score (nSPS) is 11.6. The first-order chi connectivity index (χ1) is 9.93. The first-order valence-electron chi connectivity index (χ1n) is 6.93. The smallest absolute Gasteiger partial charge is 0.306 e. The molecule has 0 aliphatic rings. The zero-order valence-electron chi connectivity index (χ0n) is 12.6. The molecule has 1 N–H and O–H groups in total. The van der Waals surface area contributed by atoms with Crippen molar-refractivity contribution in [1.29, 1.82) is 5.26 Å². The molecule has 5 nitrogen and oxygen atoms in total. The summed E-state index contributed by atoms with van der Waals surface area (Å²) in [5.41, 5.74) is 0.777. The summed E-state index contributed by atoms with van der Waals surface area (Å²) >= 11 is 0. The summed E-state index contributed by atoms with van der Waals surface area (Å²) in [5.74, 6) is -0.431. The van der Waals surface area contributed by atoms with E-state index in [4.69, 9.17) is 10.00 Å². The van der Waals surface area contributed by atoms with Crippen LogP contribution in [-0.4, -0.2) is 18.0 Å². The second-order valence-corrected chi connectivity index (χ2v) is 5.21. The number of para-hydroxylation sites is 1. The number of carbonyl (C=O) groups is 2. The first-order valence-corrected chi connectivity index (χ1v) is 6.93. The summed E-state index contributed by atoms with van der Waals surface area (Å²) in [6.45, 7) is 5.54. The van der Waals surface area contributed by atoms with Crippen LogP contribution in [0.2, 0.25) is 0 Å². The molecule has 1 aromatic carbocycles. The highest BCUT2D eigenvalue weighted by Gasteiger charge is 2.18. The van der Waals surface area contributed by atoms with Gasteiger partial charge in [-0.05, 0) is 31.4 Å². The maximum absolute atomic E-state index is 12.0. The highest BCUT2D eigenvalue weighted by atomic mass is 16.5. The SMILES string of the molecule is CC(C)CCC(=O)O[C@@H](C)C(=O)Nc1ccccc1C#N. The predicted octanol–water partition coefficient (Wildman–Crippen LogP) is 2.86. The van der Waals surface area contributed by atoms with Crippen molar-refractivity contribution in [3.63, 3.8) is 0 Å². The number of esters is 1. The van der Waals surface area contributed by atoms with Crippen molar-refractivity contribution in [2.45, 2.75) is 39.7 Å². The Hall–Kier alpha value is -2.35. The van der Waals surface area contributed by atoms with Crippen LogP contribution in [0.15, 0.2) is 24.3 Å². The van der Waals surface area contributed by atoms with Crippen LogP contribution in [0.4, 0.5) is 5.69 Å².